The van der Waals surface area contributed by atoms with Crippen LogP contribution in [0, 0.1) is 0 Å². The van der Waals surface area contributed by atoms with E-state index >= 15 is 0 Å². The average Bonchev–Trinajstić information content (AvgIpc) is 2.61. The van der Waals surface area contributed by atoms with Crippen LogP contribution < -0.4 is 15.4 Å². The van der Waals surface area contributed by atoms with Crippen LogP contribution in [-0.2, 0) is 10.0 Å². The van der Waals surface area contributed by atoms with Crippen LogP contribution in [0.2, 0.25) is 5.02 Å². The molecule has 130 valence electrons. The van der Waals surface area contributed by atoms with Crippen molar-refractivity contribution in [1.82, 2.24) is 4.72 Å². The number of halogens is 1. The first-order valence-corrected chi connectivity index (χ1v) is 10.1. The second kappa shape index (κ2) is 7.27. The lowest BCUT2D eigenvalue weighted by molar-refractivity contribution is 0.577. The van der Waals surface area contributed by atoms with Gasteiger partial charge in [-0.25, -0.2) is 13.1 Å². The average molecular weight is 368 g/mol. The van der Waals surface area contributed by atoms with Crippen molar-refractivity contribution in [3.05, 3.63) is 35.4 Å². The molecule has 0 aromatic heterocycles. The third-order valence-electron chi connectivity index (χ3n) is 4.35. The number of nitrogens with zero attached hydrogens (tertiary/aromatic N) is 1. The summed E-state index contributed by atoms with van der Waals surface area (Å²) < 4.78 is 28.0. The highest BCUT2D eigenvalue weighted by Crippen LogP contribution is 2.37. The zero-order valence-electron chi connectivity index (χ0n) is 13.5. The molecular formula is C17H22ClN3O2S. The summed E-state index contributed by atoms with van der Waals surface area (Å²) in [6.45, 7) is 2.32. The van der Waals surface area contributed by atoms with Crippen molar-refractivity contribution in [2.75, 3.05) is 31.1 Å². The van der Waals surface area contributed by atoms with Crippen molar-refractivity contribution >= 4 is 38.1 Å². The van der Waals surface area contributed by atoms with Gasteiger partial charge in [0.2, 0.25) is 10.0 Å². The molecule has 7 heteroatoms. The van der Waals surface area contributed by atoms with E-state index in [0.29, 0.717) is 10.4 Å². The van der Waals surface area contributed by atoms with Gasteiger partial charge in [-0.3, -0.25) is 0 Å². The molecule has 1 fully saturated rings. The fraction of sp³-hybridized carbons (Fsp3) is 0.412. The van der Waals surface area contributed by atoms with E-state index in [4.69, 9.17) is 17.3 Å². The molecule has 0 unspecified atom stereocenters. The molecule has 2 aromatic carbocycles. The van der Waals surface area contributed by atoms with E-state index in [-0.39, 0.29) is 18.0 Å². The maximum Gasteiger partial charge on any atom is 0.241 e. The van der Waals surface area contributed by atoms with Gasteiger partial charge in [0.05, 0.1) is 4.90 Å². The Balaban J connectivity index is 2.21. The number of fused-ring (bicyclic) bond motifs is 1. The quantitative estimate of drug-likeness (QED) is 0.852. The van der Waals surface area contributed by atoms with Gasteiger partial charge in [0, 0.05) is 47.7 Å². The third kappa shape index (κ3) is 3.37. The van der Waals surface area contributed by atoms with Crippen molar-refractivity contribution < 1.29 is 8.42 Å². The van der Waals surface area contributed by atoms with Gasteiger partial charge in [-0.05, 0) is 37.5 Å². The van der Waals surface area contributed by atoms with Crippen LogP contribution in [0.15, 0.2) is 35.2 Å². The van der Waals surface area contributed by atoms with Crippen molar-refractivity contribution in [3.8, 4) is 0 Å². The minimum atomic E-state index is -3.64. The molecule has 0 atom stereocenters. The Morgan fingerprint density at radius 2 is 1.88 bits per heavy atom. The lowest BCUT2D eigenvalue weighted by atomic mass is 10.0. The third-order valence-corrected chi connectivity index (χ3v) is 6.18. The van der Waals surface area contributed by atoms with Gasteiger partial charge in [0.25, 0.3) is 0 Å². The summed E-state index contributed by atoms with van der Waals surface area (Å²) in [5, 5.41) is 2.01. The number of anilines is 1. The number of sulfonamides is 1. The molecule has 5 nitrogen and oxygen atoms in total. The van der Waals surface area contributed by atoms with Crippen molar-refractivity contribution in [3.63, 3.8) is 0 Å². The van der Waals surface area contributed by atoms with Crippen LogP contribution >= 0.6 is 11.6 Å². The van der Waals surface area contributed by atoms with E-state index < -0.39 is 10.0 Å². The summed E-state index contributed by atoms with van der Waals surface area (Å²) in [6.07, 6.45) is 3.44. The molecule has 1 aliphatic rings. The van der Waals surface area contributed by atoms with Crippen LogP contribution in [0.1, 0.15) is 19.3 Å². The SMILES string of the molecule is NCCNS(=O)(=O)c1cccc2c(Cl)ccc(N3CCCCC3)c12. The molecule has 0 bridgehead atoms. The van der Waals surface area contributed by atoms with Gasteiger partial charge in [-0.1, -0.05) is 23.7 Å². The van der Waals surface area contributed by atoms with E-state index in [0.717, 1.165) is 37.0 Å². The Kier molecular flexibility index (Phi) is 5.30. The van der Waals surface area contributed by atoms with E-state index in [9.17, 15) is 8.42 Å². The summed E-state index contributed by atoms with van der Waals surface area (Å²) in [7, 11) is -3.64. The normalized spacial score (nSPS) is 15.8. The van der Waals surface area contributed by atoms with Crippen LogP contribution in [0.5, 0.6) is 0 Å². The number of hydrogen-bond acceptors (Lipinski definition) is 4. The fourth-order valence-corrected chi connectivity index (χ4v) is 4.72. The summed E-state index contributed by atoms with van der Waals surface area (Å²) in [4.78, 5) is 2.51. The summed E-state index contributed by atoms with van der Waals surface area (Å²) >= 11 is 6.34. The predicted octanol–water partition coefficient (Wildman–Crippen LogP) is 2.72. The van der Waals surface area contributed by atoms with Crippen molar-refractivity contribution in [2.45, 2.75) is 24.2 Å². The number of hydrogen-bond donors (Lipinski definition) is 2. The molecule has 0 amide bonds. The maximum absolute atomic E-state index is 12.7. The Labute approximate surface area is 147 Å². The summed E-state index contributed by atoms with van der Waals surface area (Å²) in [5.41, 5.74) is 6.37. The second-order valence-electron chi connectivity index (χ2n) is 5.98. The first-order valence-electron chi connectivity index (χ1n) is 8.20. The Morgan fingerprint density at radius 1 is 1.12 bits per heavy atom. The van der Waals surface area contributed by atoms with Crippen molar-refractivity contribution in [1.29, 1.82) is 0 Å². The number of rotatable bonds is 5. The zero-order chi connectivity index (χ0) is 17.2. The van der Waals surface area contributed by atoms with Gasteiger partial charge in [0.1, 0.15) is 0 Å². The highest BCUT2D eigenvalue weighted by molar-refractivity contribution is 7.89. The first-order chi connectivity index (χ1) is 11.5. The van der Waals surface area contributed by atoms with E-state index in [2.05, 4.69) is 9.62 Å². The minimum Gasteiger partial charge on any atom is -0.371 e. The van der Waals surface area contributed by atoms with Gasteiger partial charge < -0.3 is 10.6 Å². The molecule has 0 spiro atoms. The molecule has 1 saturated heterocycles. The molecule has 0 saturated carbocycles. The lowest BCUT2D eigenvalue weighted by Crippen LogP contribution is -2.31. The zero-order valence-corrected chi connectivity index (χ0v) is 15.0. The Bertz CT molecular complexity index is 833. The van der Waals surface area contributed by atoms with Crippen LogP contribution in [0.3, 0.4) is 0 Å². The smallest absolute Gasteiger partial charge is 0.241 e. The molecular weight excluding hydrogens is 346 g/mol. The maximum atomic E-state index is 12.7. The first kappa shape index (κ1) is 17.5. The van der Waals surface area contributed by atoms with Crippen LogP contribution in [-0.4, -0.2) is 34.6 Å². The van der Waals surface area contributed by atoms with Gasteiger partial charge >= 0.3 is 0 Å². The molecule has 0 aliphatic carbocycles. The molecule has 3 N–H and O–H groups in total. The van der Waals surface area contributed by atoms with E-state index in [1.54, 1.807) is 12.1 Å². The minimum absolute atomic E-state index is 0.207. The van der Waals surface area contributed by atoms with E-state index in [1.807, 2.05) is 18.2 Å². The molecule has 1 heterocycles. The van der Waals surface area contributed by atoms with Crippen LogP contribution in [0.25, 0.3) is 10.8 Å². The Morgan fingerprint density at radius 3 is 2.58 bits per heavy atom. The van der Waals surface area contributed by atoms with Crippen molar-refractivity contribution in [2.24, 2.45) is 5.73 Å². The number of nitrogens with two attached hydrogens (primary N) is 1. The highest BCUT2D eigenvalue weighted by Gasteiger charge is 2.22. The van der Waals surface area contributed by atoms with Gasteiger partial charge in [0.15, 0.2) is 0 Å². The Hall–Kier alpha value is -1.34. The summed E-state index contributed by atoms with van der Waals surface area (Å²) in [6, 6.07) is 9.00. The molecule has 0 radical (unpaired) electrons. The lowest BCUT2D eigenvalue weighted by Gasteiger charge is -2.30. The van der Waals surface area contributed by atoms with Gasteiger partial charge in [-0.15, -0.1) is 0 Å². The number of piperidine rings is 1. The molecule has 2 aromatic rings. The standard InChI is InChI=1S/C17H22ClN3O2S/c18-14-7-8-15(21-11-2-1-3-12-21)17-13(14)5-4-6-16(17)24(22,23)20-10-9-19/h4-8,20H,1-3,9-12,19H2. The number of nitrogens with one attached hydrogen (secondary N) is 1. The molecule has 3 rings (SSSR count). The summed E-state index contributed by atoms with van der Waals surface area (Å²) in [5.74, 6) is 0. The van der Waals surface area contributed by atoms with E-state index in [1.165, 1.54) is 6.42 Å². The topological polar surface area (TPSA) is 75.4 Å². The fourth-order valence-electron chi connectivity index (χ4n) is 3.21. The number of benzene rings is 2. The second-order valence-corrected chi connectivity index (χ2v) is 8.12. The van der Waals surface area contributed by atoms with Crippen LogP contribution in [0.4, 0.5) is 5.69 Å². The molecule has 1 aliphatic heterocycles. The van der Waals surface area contributed by atoms with Gasteiger partial charge in [-0.2, -0.15) is 0 Å². The monoisotopic (exact) mass is 367 g/mol. The molecule has 24 heavy (non-hydrogen) atoms. The predicted molar refractivity (Wildman–Crippen MR) is 99.3 cm³/mol. The largest absolute Gasteiger partial charge is 0.371 e. The highest BCUT2D eigenvalue weighted by atomic mass is 35.5.